The van der Waals surface area contributed by atoms with E-state index in [2.05, 4.69) is 6.07 Å². The van der Waals surface area contributed by atoms with Crippen molar-refractivity contribution in [2.24, 2.45) is 0 Å². The minimum atomic E-state index is -0.651. The highest BCUT2D eigenvalue weighted by atomic mass is 35.5. The van der Waals surface area contributed by atoms with Crippen LogP contribution in [0.1, 0.15) is 16.5 Å². The van der Waals surface area contributed by atoms with E-state index in [1.54, 1.807) is 0 Å². The summed E-state index contributed by atoms with van der Waals surface area (Å²) in [7, 11) is 0. The zero-order valence-electron chi connectivity index (χ0n) is 9.51. The first-order valence-corrected chi connectivity index (χ1v) is 6.91. The number of aliphatic hydroxyl groups excluding tert-OH is 1. The van der Waals surface area contributed by atoms with Gasteiger partial charge in [0.1, 0.15) is 6.10 Å². The quantitative estimate of drug-likeness (QED) is 0.722. The first kappa shape index (κ1) is 11.7. The largest absolute Gasteiger partial charge is 0.383 e. The third-order valence-electron chi connectivity index (χ3n) is 2.98. The maximum absolute atomic E-state index is 10.3. The molecule has 1 heterocycles. The SMILES string of the molecule is OC(c1ccc2ccccc2c1)c1sccc1Cl. The number of aliphatic hydroxyl groups is 1. The molecule has 0 aliphatic heterocycles. The lowest BCUT2D eigenvalue weighted by Crippen LogP contribution is -1.97. The molecular formula is C15H11ClOS. The van der Waals surface area contributed by atoms with E-state index in [9.17, 15) is 5.11 Å². The summed E-state index contributed by atoms with van der Waals surface area (Å²) in [4.78, 5) is 0.798. The Morgan fingerprint density at radius 3 is 2.50 bits per heavy atom. The van der Waals surface area contributed by atoms with Crippen LogP contribution in [0.5, 0.6) is 0 Å². The monoisotopic (exact) mass is 274 g/mol. The van der Waals surface area contributed by atoms with Crippen molar-refractivity contribution < 1.29 is 5.11 Å². The number of benzene rings is 2. The smallest absolute Gasteiger partial charge is 0.115 e. The molecule has 0 saturated heterocycles. The molecule has 1 nitrogen and oxygen atoms in total. The summed E-state index contributed by atoms with van der Waals surface area (Å²) in [6, 6.07) is 15.9. The average molecular weight is 275 g/mol. The van der Waals surface area contributed by atoms with Gasteiger partial charge in [0.05, 0.1) is 9.90 Å². The number of halogens is 1. The van der Waals surface area contributed by atoms with E-state index in [1.807, 2.05) is 47.8 Å². The van der Waals surface area contributed by atoms with E-state index < -0.39 is 6.10 Å². The summed E-state index contributed by atoms with van der Waals surface area (Å²) in [5.41, 5.74) is 0.873. The molecule has 1 aromatic heterocycles. The summed E-state index contributed by atoms with van der Waals surface area (Å²) in [6.07, 6.45) is -0.651. The zero-order valence-corrected chi connectivity index (χ0v) is 11.1. The Kier molecular flexibility index (Phi) is 3.08. The normalized spacial score (nSPS) is 12.8. The number of rotatable bonds is 2. The minimum Gasteiger partial charge on any atom is -0.383 e. The lowest BCUT2D eigenvalue weighted by Gasteiger charge is -2.10. The molecule has 1 N–H and O–H groups in total. The van der Waals surface area contributed by atoms with Crippen molar-refractivity contribution >= 4 is 33.7 Å². The van der Waals surface area contributed by atoms with Crippen LogP contribution in [0.3, 0.4) is 0 Å². The maximum atomic E-state index is 10.3. The Balaban J connectivity index is 2.07. The predicted molar refractivity (Wildman–Crippen MR) is 77.3 cm³/mol. The van der Waals surface area contributed by atoms with Gasteiger partial charge in [-0.3, -0.25) is 0 Å². The van der Waals surface area contributed by atoms with E-state index >= 15 is 0 Å². The molecule has 3 aromatic rings. The second kappa shape index (κ2) is 4.73. The van der Waals surface area contributed by atoms with Crippen molar-refractivity contribution in [3.05, 3.63) is 69.4 Å². The van der Waals surface area contributed by atoms with E-state index in [1.165, 1.54) is 16.7 Å². The third kappa shape index (κ3) is 2.03. The van der Waals surface area contributed by atoms with E-state index in [4.69, 9.17) is 11.6 Å². The first-order chi connectivity index (χ1) is 8.75. The molecule has 0 amide bonds. The van der Waals surface area contributed by atoms with Gasteiger partial charge in [0.25, 0.3) is 0 Å². The van der Waals surface area contributed by atoms with Gasteiger partial charge in [0, 0.05) is 0 Å². The molecule has 0 aliphatic carbocycles. The highest BCUT2D eigenvalue weighted by molar-refractivity contribution is 7.10. The van der Waals surface area contributed by atoms with Crippen LogP contribution >= 0.6 is 22.9 Å². The summed E-state index contributed by atoms with van der Waals surface area (Å²) in [5, 5.41) is 15.2. The van der Waals surface area contributed by atoms with E-state index in [-0.39, 0.29) is 0 Å². The summed E-state index contributed by atoms with van der Waals surface area (Å²) < 4.78 is 0. The molecule has 0 radical (unpaired) electrons. The first-order valence-electron chi connectivity index (χ1n) is 5.65. The number of hydrogen-bond donors (Lipinski definition) is 1. The van der Waals surface area contributed by atoms with Crippen LogP contribution < -0.4 is 0 Å². The molecule has 1 atom stereocenters. The summed E-state index contributed by atoms with van der Waals surface area (Å²) >= 11 is 7.53. The fraction of sp³-hybridized carbons (Fsp3) is 0.0667. The lowest BCUT2D eigenvalue weighted by molar-refractivity contribution is 0.224. The second-order valence-electron chi connectivity index (χ2n) is 4.14. The molecule has 0 bridgehead atoms. The topological polar surface area (TPSA) is 20.2 Å². The van der Waals surface area contributed by atoms with Crippen LogP contribution in [0.4, 0.5) is 0 Å². The predicted octanol–water partition coefficient (Wildman–Crippen LogP) is 4.64. The van der Waals surface area contributed by atoms with Crippen molar-refractivity contribution in [2.75, 3.05) is 0 Å². The molecule has 0 aliphatic rings. The minimum absolute atomic E-state index is 0.626. The molecule has 2 aromatic carbocycles. The van der Waals surface area contributed by atoms with E-state index in [0.717, 1.165) is 15.8 Å². The van der Waals surface area contributed by atoms with Crippen molar-refractivity contribution in [3.63, 3.8) is 0 Å². The molecular weight excluding hydrogens is 264 g/mol. The van der Waals surface area contributed by atoms with Gasteiger partial charge in [-0.05, 0) is 33.8 Å². The van der Waals surface area contributed by atoms with Crippen LogP contribution in [-0.2, 0) is 0 Å². The van der Waals surface area contributed by atoms with Crippen molar-refractivity contribution in [1.82, 2.24) is 0 Å². The highest BCUT2D eigenvalue weighted by Crippen LogP contribution is 2.33. The van der Waals surface area contributed by atoms with Gasteiger partial charge in [-0.1, -0.05) is 48.0 Å². The lowest BCUT2D eigenvalue weighted by atomic mass is 10.0. The number of thiophene rings is 1. The van der Waals surface area contributed by atoms with Gasteiger partial charge in [0.15, 0.2) is 0 Å². The highest BCUT2D eigenvalue weighted by Gasteiger charge is 2.15. The summed E-state index contributed by atoms with van der Waals surface area (Å²) in [5.74, 6) is 0. The summed E-state index contributed by atoms with van der Waals surface area (Å²) in [6.45, 7) is 0. The Morgan fingerprint density at radius 1 is 1.00 bits per heavy atom. The van der Waals surface area contributed by atoms with Gasteiger partial charge >= 0.3 is 0 Å². The second-order valence-corrected chi connectivity index (χ2v) is 5.50. The molecule has 1 unspecified atom stereocenters. The molecule has 3 rings (SSSR count). The molecule has 90 valence electrons. The van der Waals surface area contributed by atoms with Crippen LogP contribution in [-0.4, -0.2) is 5.11 Å². The van der Waals surface area contributed by atoms with Crippen molar-refractivity contribution in [2.45, 2.75) is 6.10 Å². The molecule has 18 heavy (non-hydrogen) atoms. The molecule has 3 heteroatoms. The van der Waals surface area contributed by atoms with Crippen molar-refractivity contribution in [1.29, 1.82) is 0 Å². The fourth-order valence-corrected chi connectivity index (χ4v) is 3.20. The standard InChI is InChI=1S/C15H11ClOS/c16-13-7-8-18-15(13)14(17)12-6-5-10-3-1-2-4-11(10)9-12/h1-9,14,17H. The number of fused-ring (bicyclic) bond motifs is 1. The van der Waals surface area contributed by atoms with Crippen LogP contribution in [0.25, 0.3) is 10.8 Å². The molecule has 0 fully saturated rings. The van der Waals surface area contributed by atoms with Crippen LogP contribution in [0, 0.1) is 0 Å². The van der Waals surface area contributed by atoms with Crippen LogP contribution in [0.2, 0.25) is 5.02 Å². The Labute approximate surface area is 114 Å². The number of hydrogen-bond acceptors (Lipinski definition) is 2. The van der Waals surface area contributed by atoms with Gasteiger partial charge in [0.2, 0.25) is 0 Å². The van der Waals surface area contributed by atoms with Gasteiger partial charge in [-0.2, -0.15) is 0 Å². The van der Waals surface area contributed by atoms with Gasteiger partial charge < -0.3 is 5.11 Å². The maximum Gasteiger partial charge on any atom is 0.115 e. The van der Waals surface area contributed by atoms with Crippen LogP contribution in [0.15, 0.2) is 53.9 Å². The van der Waals surface area contributed by atoms with Gasteiger partial charge in [-0.15, -0.1) is 11.3 Å². The van der Waals surface area contributed by atoms with E-state index in [0.29, 0.717) is 5.02 Å². The Hall–Kier alpha value is -1.35. The Morgan fingerprint density at radius 2 is 1.78 bits per heavy atom. The zero-order chi connectivity index (χ0) is 12.5. The molecule has 0 spiro atoms. The van der Waals surface area contributed by atoms with Crippen molar-refractivity contribution in [3.8, 4) is 0 Å². The third-order valence-corrected chi connectivity index (χ3v) is 4.39. The average Bonchev–Trinajstić information content (AvgIpc) is 2.83. The Bertz CT molecular complexity index is 690. The molecule has 0 saturated carbocycles. The fourth-order valence-electron chi connectivity index (χ4n) is 2.03. The van der Waals surface area contributed by atoms with Gasteiger partial charge in [-0.25, -0.2) is 0 Å².